The number of rotatable bonds is 10. The van der Waals surface area contributed by atoms with E-state index in [0.717, 1.165) is 0 Å². The van der Waals surface area contributed by atoms with Crippen LogP contribution in [0, 0.1) is 11.8 Å². The average molecular weight is 253 g/mol. The maximum Gasteiger partial charge on any atom is 0.0664 e. The number of unbranched alkanes of at least 4 members (excludes halogenated alkanes) is 3. The van der Waals surface area contributed by atoms with Crippen LogP contribution in [0.15, 0.2) is 0 Å². The van der Waals surface area contributed by atoms with Crippen LogP contribution >= 0.6 is 0 Å². The third-order valence-electron chi connectivity index (χ3n) is 3.82. The molecule has 17 heavy (non-hydrogen) atoms. The number of hydrogen-bond donors (Lipinski definition) is 0. The first-order valence-electron chi connectivity index (χ1n) is 7.64. The Morgan fingerprint density at radius 1 is 0.765 bits per heavy atom. The van der Waals surface area contributed by atoms with Gasteiger partial charge in [-0.15, -0.1) is 11.8 Å². The van der Waals surface area contributed by atoms with Gasteiger partial charge >= 0.3 is 0 Å². The summed E-state index contributed by atoms with van der Waals surface area (Å²) in [6, 6.07) is 5.85. The van der Waals surface area contributed by atoms with Crippen LogP contribution in [-0.2, 0) is 0 Å². The molecule has 100 valence electrons. The van der Waals surface area contributed by atoms with Crippen LogP contribution in [0.2, 0.25) is 24.2 Å². The van der Waals surface area contributed by atoms with Crippen LogP contribution in [0.3, 0.4) is 0 Å². The fraction of sp³-hybridized carbons (Fsp3) is 0.875. The van der Waals surface area contributed by atoms with Crippen LogP contribution in [0.25, 0.3) is 0 Å². The van der Waals surface area contributed by atoms with Crippen molar-refractivity contribution in [2.45, 2.75) is 90.4 Å². The van der Waals surface area contributed by atoms with Crippen molar-refractivity contribution in [3.8, 4) is 11.8 Å². The minimum atomic E-state index is -1.05. The molecule has 0 rings (SSSR count). The third kappa shape index (κ3) is 7.66. The maximum atomic E-state index is 3.43. The summed E-state index contributed by atoms with van der Waals surface area (Å²) < 4.78 is 0. The molecule has 1 heteroatoms. The van der Waals surface area contributed by atoms with E-state index in [-0.39, 0.29) is 0 Å². The standard InChI is InChI=1S/C16H32Si/c1-5-9-13-17(14-10-6-2,15-11-7-3)16-12-8-4/h5-7,9-11,13-16H2,1-4H3. The molecular formula is C16H32Si. The zero-order valence-electron chi connectivity index (χ0n) is 12.6. The smallest absolute Gasteiger partial charge is 0.0664 e. The van der Waals surface area contributed by atoms with Gasteiger partial charge in [-0.25, -0.2) is 0 Å². The molecule has 0 aliphatic heterocycles. The third-order valence-corrected chi connectivity index (χ3v) is 8.99. The summed E-state index contributed by atoms with van der Waals surface area (Å²) >= 11 is 0. The molecule has 0 saturated heterocycles. The molecule has 0 aliphatic carbocycles. The van der Waals surface area contributed by atoms with Crippen molar-refractivity contribution in [3.05, 3.63) is 0 Å². The van der Waals surface area contributed by atoms with Crippen LogP contribution < -0.4 is 0 Å². The number of hydrogen-bond acceptors (Lipinski definition) is 0. The van der Waals surface area contributed by atoms with Crippen LogP contribution in [0.1, 0.15) is 66.2 Å². The Balaban J connectivity index is 4.54. The fourth-order valence-electron chi connectivity index (χ4n) is 2.57. The predicted molar refractivity (Wildman–Crippen MR) is 83.2 cm³/mol. The lowest BCUT2D eigenvalue weighted by atomic mass is 10.4. The zero-order chi connectivity index (χ0) is 13.0. The van der Waals surface area contributed by atoms with Gasteiger partial charge in [0.2, 0.25) is 0 Å². The Morgan fingerprint density at radius 2 is 1.18 bits per heavy atom. The Kier molecular flexibility index (Phi) is 10.8. The van der Waals surface area contributed by atoms with E-state index < -0.39 is 8.07 Å². The van der Waals surface area contributed by atoms with Gasteiger partial charge in [0.25, 0.3) is 0 Å². The van der Waals surface area contributed by atoms with E-state index in [1.54, 1.807) is 0 Å². The van der Waals surface area contributed by atoms with Gasteiger partial charge in [0.1, 0.15) is 0 Å². The molecule has 0 N–H and O–H groups in total. The highest BCUT2D eigenvalue weighted by molar-refractivity contribution is 6.80. The predicted octanol–water partition coefficient (Wildman–Crippen LogP) is 5.86. The molecule has 0 radical (unpaired) electrons. The Labute approximate surface area is 111 Å². The lowest BCUT2D eigenvalue weighted by molar-refractivity contribution is 0.791. The van der Waals surface area contributed by atoms with Crippen molar-refractivity contribution in [3.63, 3.8) is 0 Å². The fourth-order valence-corrected chi connectivity index (χ4v) is 7.71. The topological polar surface area (TPSA) is 0 Å². The van der Waals surface area contributed by atoms with Crippen molar-refractivity contribution >= 4 is 8.07 Å². The molecular weight excluding hydrogens is 220 g/mol. The van der Waals surface area contributed by atoms with E-state index >= 15 is 0 Å². The molecule has 0 nitrogen and oxygen atoms in total. The molecule has 0 unspecified atom stereocenters. The summed E-state index contributed by atoms with van der Waals surface area (Å²) in [5.74, 6) is 6.56. The van der Waals surface area contributed by atoms with E-state index in [9.17, 15) is 0 Å². The van der Waals surface area contributed by atoms with E-state index in [4.69, 9.17) is 0 Å². The molecule has 0 fully saturated rings. The first-order chi connectivity index (χ1) is 8.24. The second-order valence-corrected chi connectivity index (χ2v) is 10.3. The van der Waals surface area contributed by atoms with E-state index in [1.165, 1.54) is 62.7 Å². The summed E-state index contributed by atoms with van der Waals surface area (Å²) in [6.07, 6.45) is 8.37. The SMILES string of the molecule is CC#CC[Si](CCCC)(CCCC)CCCC. The highest BCUT2D eigenvalue weighted by Crippen LogP contribution is 2.31. The first-order valence-corrected chi connectivity index (χ1v) is 10.5. The normalized spacial score (nSPS) is 11.1. The van der Waals surface area contributed by atoms with Crippen molar-refractivity contribution in [2.75, 3.05) is 0 Å². The monoisotopic (exact) mass is 252 g/mol. The molecule has 0 atom stereocenters. The Morgan fingerprint density at radius 3 is 1.47 bits per heavy atom. The summed E-state index contributed by atoms with van der Waals surface area (Å²) in [7, 11) is -1.05. The van der Waals surface area contributed by atoms with Crippen molar-refractivity contribution in [2.24, 2.45) is 0 Å². The molecule has 0 amide bonds. The van der Waals surface area contributed by atoms with Crippen molar-refractivity contribution < 1.29 is 0 Å². The van der Waals surface area contributed by atoms with Gasteiger partial charge in [0.05, 0.1) is 8.07 Å². The lowest BCUT2D eigenvalue weighted by Gasteiger charge is -2.30. The molecule has 0 bridgehead atoms. The van der Waals surface area contributed by atoms with Gasteiger partial charge in [-0.05, 0) is 6.92 Å². The zero-order valence-corrected chi connectivity index (χ0v) is 13.6. The average Bonchev–Trinajstić information content (AvgIpc) is 2.37. The van der Waals surface area contributed by atoms with Crippen molar-refractivity contribution in [1.29, 1.82) is 0 Å². The van der Waals surface area contributed by atoms with Gasteiger partial charge in [-0.2, -0.15) is 0 Å². The summed E-state index contributed by atoms with van der Waals surface area (Å²) in [6.45, 7) is 8.97. The second-order valence-electron chi connectivity index (χ2n) is 5.41. The Bertz CT molecular complexity index is 200. The van der Waals surface area contributed by atoms with Gasteiger partial charge < -0.3 is 0 Å². The molecule has 0 aliphatic rings. The minimum Gasteiger partial charge on any atom is -0.107 e. The highest BCUT2D eigenvalue weighted by Gasteiger charge is 2.29. The van der Waals surface area contributed by atoms with E-state index in [1.807, 2.05) is 6.92 Å². The van der Waals surface area contributed by atoms with Crippen molar-refractivity contribution in [1.82, 2.24) is 0 Å². The largest absolute Gasteiger partial charge is 0.107 e. The quantitative estimate of drug-likeness (QED) is 0.337. The Hall–Kier alpha value is -0.223. The van der Waals surface area contributed by atoms with Gasteiger partial charge in [-0.3, -0.25) is 0 Å². The molecule has 0 heterocycles. The van der Waals surface area contributed by atoms with Gasteiger partial charge in [0, 0.05) is 6.04 Å². The molecule has 0 spiro atoms. The molecule has 0 aromatic carbocycles. The van der Waals surface area contributed by atoms with Gasteiger partial charge in [-0.1, -0.05) is 77.4 Å². The summed E-state index contributed by atoms with van der Waals surface area (Å²) in [5.41, 5.74) is 0. The van der Waals surface area contributed by atoms with Crippen LogP contribution in [0.4, 0.5) is 0 Å². The molecule has 0 aromatic heterocycles. The molecule has 0 aromatic rings. The lowest BCUT2D eigenvalue weighted by Crippen LogP contribution is -2.33. The maximum absolute atomic E-state index is 3.43. The summed E-state index contributed by atoms with van der Waals surface area (Å²) in [5, 5.41) is 0. The minimum absolute atomic E-state index is 1.05. The van der Waals surface area contributed by atoms with Crippen LogP contribution in [-0.4, -0.2) is 8.07 Å². The molecule has 0 saturated carbocycles. The van der Waals surface area contributed by atoms with E-state index in [2.05, 4.69) is 32.6 Å². The van der Waals surface area contributed by atoms with E-state index in [0.29, 0.717) is 0 Å². The van der Waals surface area contributed by atoms with Gasteiger partial charge in [0.15, 0.2) is 0 Å². The second kappa shape index (κ2) is 10.9. The summed E-state index contributed by atoms with van der Waals surface area (Å²) in [4.78, 5) is 0. The first kappa shape index (κ1) is 16.8. The van der Waals surface area contributed by atoms with Crippen LogP contribution in [0.5, 0.6) is 0 Å². The highest BCUT2D eigenvalue weighted by atomic mass is 28.3.